The molecule has 2 heterocycles. The highest BCUT2D eigenvalue weighted by molar-refractivity contribution is 6.14. The summed E-state index contributed by atoms with van der Waals surface area (Å²) in [7, 11) is 0. The first-order chi connectivity index (χ1) is 32.9. The van der Waals surface area contributed by atoms with Crippen LogP contribution in [0.2, 0.25) is 0 Å². The molecule has 2 heteroatoms. The fourth-order valence-electron chi connectivity index (χ4n) is 11.2. The normalized spacial score (nSPS) is 11.9. The van der Waals surface area contributed by atoms with Gasteiger partial charge in [0.15, 0.2) is 0 Å². The van der Waals surface area contributed by atoms with Gasteiger partial charge in [0.05, 0.1) is 16.4 Å². The Balaban J connectivity index is 0.981. The zero-order chi connectivity index (χ0) is 45.2. The van der Waals surface area contributed by atoms with Crippen molar-refractivity contribution in [2.24, 2.45) is 0 Å². The van der Waals surface area contributed by atoms with Crippen molar-refractivity contribution in [2.45, 2.75) is 33.1 Å². The zero-order valence-electron chi connectivity index (χ0n) is 38.3. The van der Waals surface area contributed by atoms with E-state index in [2.05, 4.69) is 256 Å². The standard InChI is InChI=1S/C65H50N2/c1-41-17-11-13-23-53(41)55-25-15-27-57-59-39-45(29-35-61(59)66-63(55)57)51-33-31-49(37-43(51)3)65(47-19-7-5-8-20-47,48-21-9-6-10-22-48)50-32-34-52(44(4)38-50)46-30-36-62-60(40-46)58-28-16-26-56(64(58)67-62)54-24-14-12-18-42(54)2/h5-40,66-67H,1-4H3. The van der Waals surface area contributed by atoms with E-state index < -0.39 is 5.41 Å². The van der Waals surface area contributed by atoms with Gasteiger partial charge in [0, 0.05) is 43.7 Å². The predicted octanol–water partition coefficient (Wildman–Crippen LogP) is 17.2. The largest absolute Gasteiger partial charge is 0.354 e. The minimum Gasteiger partial charge on any atom is -0.354 e. The molecule has 2 N–H and O–H groups in total. The van der Waals surface area contributed by atoms with Gasteiger partial charge in [-0.05, 0) is 130 Å². The van der Waals surface area contributed by atoms with Gasteiger partial charge in [0.1, 0.15) is 0 Å². The van der Waals surface area contributed by atoms with Crippen LogP contribution in [0.4, 0.5) is 0 Å². The highest BCUT2D eigenvalue weighted by Gasteiger charge is 2.39. The summed E-state index contributed by atoms with van der Waals surface area (Å²) in [5.74, 6) is 0. The molecule has 0 aliphatic carbocycles. The van der Waals surface area contributed by atoms with E-state index in [1.807, 2.05) is 0 Å². The fraction of sp³-hybridized carbons (Fsp3) is 0.0769. The Morgan fingerprint density at radius 1 is 0.269 bits per heavy atom. The molecule has 0 aliphatic rings. The van der Waals surface area contributed by atoms with Crippen molar-refractivity contribution in [3.05, 3.63) is 263 Å². The van der Waals surface area contributed by atoms with Crippen LogP contribution in [0.25, 0.3) is 88.1 Å². The van der Waals surface area contributed by atoms with Crippen LogP contribution in [0.15, 0.2) is 218 Å². The lowest BCUT2D eigenvalue weighted by Crippen LogP contribution is -2.31. The predicted molar refractivity (Wildman–Crippen MR) is 284 cm³/mol. The van der Waals surface area contributed by atoms with Crippen molar-refractivity contribution in [1.82, 2.24) is 9.97 Å². The first-order valence-electron chi connectivity index (χ1n) is 23.4. The van der Waals surface area contributed by atoms with E-state index in [4.69, 9.17) is 0 Å². The van der Waals surface area contributed by atoms with Crippen molar-refractivity contribution >= 4 is 43.6 Å². The fourth-order valence-corrected chi connectivity index (χ4v) is 11.2. The van der Waals surface area contributed by atoms with Crippen LogP contribution in [-0.4, -0.2) is 9.97 Å². The summed E-state index contributed by atoms with van der Waals surface area (Å²) in [6, 6.07) is 80.9. The molecule has 320 valence electrons. The molecule has 12 aromatic rings. The van der Waals surface area contributed by atoms with Gasteiger partial charge >= 0.3 is 0 Å². The lowest BCUT2D eigenvalue weighted by Gasteiger charge is -2.37. The first-order valence-corrected chi connectivity index (χ1v) is 23.4. The quantitative estimate of drug-likeness (QED) is 0.143. The van der Waals surface area contributed by atoms with Crippen molar-refractivity contribution in [1.29, 1.82) is 0 Å². The third-order valence-electron chi connectivity index (χ3n) is 14.5. The van der Waals surface area contributed by atoms with Crippen LogP contribution in [0.1, 0.15) is 44.5 Å². The third-order valence-corrected chi connectivity index (χ3v) is 14.5. The first kappa shape index (κ1) is 40.3. The molecule has 0 amide bonds. The van der Waals surface area contributed by atoms with Crippen LogP contribution in [0.5, 0.6) is 0 Å². The summed E-state index contributed by atoms with van der Waals surface area (Å²) in [4.78, 5) is 7.58. The number of aryl methyl sites for hydroxylation is 4. The molecular formula is C65H50N2. The molecule has 10 aromatic carbocycles. The Morgan fingerprint density at radius 3 is 1.09 bits per heavy atom. The van der Waals surface area contributed by atoms with E-state index in [9.17, 15) is 0 Å². The molecule has 0 radical (unpaired) electrons. The summed E-state index contributed by atoms with van der Waals surface area (Å²) in [6.45, 7) is 8.93. The number of para-hydroxylation sites is 2. The summed E-state index contributed by atoms with van der Waals surface area (Å²) in [6.07, 6.45) is 0. The van der Waals surface area contributed by atoms with Crippen LogP contribution < -0.4 is 0 Å². The van der Waals surface area contributed by atoms with Gasteiger partial charge in [-0.3, -0.25) is 0 Å². The molecule has 0 saturated heterocycles. The van der Waals surface area contributed by atoms with Crippen LogP contribution in [0, 0.1) is 27.7 Å². The highest BCUT2D eigenvalue weighted by atomic mass is 14.7. The second-order valence-corrected chi connectivity index (χ2v) is 18.4. The highest BCUT2D eigenvalue weighted by Crippen LogP contribution is 2.48. The number of fused-ring (bicyclic) bond motifs is 6. The summed E-state index contributed by atoms with van der Waals surface area (Å²) < 4.78 is 0. The van der Waals surface area contributed by atoms with E-state index >= 15 is 0 Å². The van der Waals surface area contributed by atoms with E-state index in [-0.39, 0.29) is 0 Å². The number of hydrogen-bond donors (Lipinski definition) is 2. The number of aromatic nitrogens is 2. The maximum Gasteiger partial charge on any atom is 0.0701 e. The Labute approximate surface area is 392 Å². The maximum absolute atomic E-state index is 3.79. The Morgan fingerprint density at radius 2 is 0.672 bits per heavy atom. The minimum atomic E-state index is -0.589. The monoisotopic (exact) mass is 858 g/mol. The molecule has 0 bridgehead atoms. The second-order valence-electron chi connectivity index (χ2n) is 18.4. The van der Waals surface area contributed by atoms with Crippen LogP contribution in [0.3, 0.4) is 0 Å². The lowest BCUT2D eigenvalue weighted by molar-refractivity contribution is 0.743. The molecule has 0 unspecified atom stereocenters. The molecule has 2 aromatic heterocycles. The van der Waals surface area contributed by atoms with Gasteiger partial charge < -0.3 is 9.97 Å². The molecule has 12 rings (SSSR count). The van der Waals surface area contributed by atoms with Gasteiger partial charge in [-0.25, -0.2) is 0 Å². The molecule has 0 fully saturated rings. The topological polar surface area (TPSA) is 31.6 Å². The van der Waals surface area contributed by atoms with Crippen molar-refractivity contribution in [2.75, 3.05) is 0 Å². The molecule has 2 nitrogen and oxygen atoms in total. The van der Waals surface area contributed by atoms with Gasteiger partial charge in [-0.2, -0.15) is 0 Å². The second kappa shape index (κ2) is 16.0. The van der Waals surface area contributed by atoms with E-state index in [0.29, 0.717) is 0 Å². The molecule has 0 aliphatic heterocycles. The smallest absolute Gasteiger partial charge is 0.0701 e. The number of benzene rings is 10. The van der Waals surface area contributed by atoms with Crippen molar-refractivity contribution in [3.63, 3.8) is 0 Å². The SMILES string of the molecule is Cc1cc(C(c2ccccc2)(c2ccccc2)c2ccc(-c3ccc4[nH]c5c(-c6ccccc6C)cccc5c4c3)c(C)c2)ccc1-c1ccc2[nH]c3c(-c4ccccc4C)cccc3c2c1. The van der Waals surface area contributed by atoms with Gasteiger partial charge in [-0.1, -0.05) is 194 Å². The Hall–Kier alpha value is -8.20. The number of rotatable bonds is 8. The van der Waals surface area contributed by atoms with Crippen LogP contribution in [-0.2, 0) is 5.41 Å². The number of H-pyrrole nitrogens is 2. The third kappa shape index (κ3) is 6.55. The van der Waals surface area contributed by atoms with Gasteiger partial charge in [-0.15, -0.1) is 0 Å². The Kier molecular flexibility index (Phi) is 9.66. The Bertz CT molecular complexity index is 3590. The molecule has 0 saturated carbocycles. The van der Waals surface area contributed by atoms with Crippen molar-refractivity contribution < 1.29 is 0 Å². The van der Waals surface area contributed by atoms with Crippen LogP contribution >= 0.6 is 0 Å². The summed E-state index contributed by atoms with van der Waals surface area (Å²) in [5, 5.41) is 4.96. The summed E-state index contributed by atoms with van der Waals surface area (Å²) >= 11 is 0. The average molecular weight is 859 g/mol. The molecule has 0 atom stereocenters. The van der Waals surface area contributed by atoms with E-state index in [0.717, 1.165) is 11.0 Å². The number of aromatic amines is 2. The average Bonchev–Trinajstić information content (AvgIpc) is 3.94. The van der Waals surface area contributed by atoms with Gasteiger partial charge in [0.2, 0.25) is 0 Å². The maximum atomic E-state index is 3.79. The molecular weight excluding hydrogens is 809 g/mol. The summed E-state index contributed by atoms with van der Waals surface area (Å²) in [5.41, 5.74) is 23.9. The molecule has 0 spiro atoms. The minimum absolute atomic E-state index is 0.589. The molecule has 67 heavy (non-hydrogen) atoms. The van der Waals surface area contributed by atoms with Gasteiger partial charge in [0.25, 0.3) is 0 Å². The zero-order valence-corrected chi connectivity index (χ0v) is 38.3. The van der Waals surface area contributed by atoms with E-state index in [1.54, 1.807) is 0 Å². The number of nitrogens with one attached hydrogen (secondary N) is 2. The van der Waals surface area contributed by atoms with Crippen molar-refractivity contribution in [3.8, 4) is 44.5 Å². The number of hydrogen-bond acceptors (Lipinski definition) is 0. The lowest BCUT2D eigenvalue weighted by atomic mass is 9.64. The van der Waals surface area contributed by atoms with E-state index in [1.165, 1.54) is 122 Å².